The lowest BCUT2D eigenvalue weighted by Crippen LogP contribution is -2.16. The molecule has 0 atom stereocenters. The molecule has 0 fully saturated rings. The molecular formula is C24H25N3O5S2. The largest absolute Gasteiger partial charge is 0.462 e. The lowest BCUT2D eigenvalue weighted by Gasteiger charge is -2.08. The highest BCUT2D eigenvalue weighted by Gasteiger charge is 2.27. The van der Waals surface area contributed by atoms with Gasteiger partial charge in [-0.05, 0) is 39.3 Å². The number of esters is 2. The summed E-state index contributed by atoms with van der Waals surface area (Å²) in [6.45, 7) is 7.25. The Balaban J connectivity index is 1.77. The molecule has 2 aromatic heterocycles. The molecule has 3 rings (SSSR count). The van der Waals surface area contributed by atoms with Gasteiger partial charge in [0.1, 0.15) is 9.88 Å². The third-order valence-electron chi connectivity index (χ3n) is 4.58. The van der Waals surface area contributed by atoms with Crippen molar-refractivity contribution in [3.05, 3.63) is 58.1 Å². The molecule has 0 unspecified atom stereocenters. The van der Waals surface area contributed by atoms with Gasteiger partial charge in [-0.3, -0.25) is 4.79 Å². The molecule has 1 aromatic carbocycles. The second-order valence-corrected chi connectivity index (χ2v) is 9.04. The van der Waals surface area contributed by atoms with E-state index in [0.717, 1.165) is 28.3 Å². The number of carbonyl (C=O) groups is 3. The Bertz CT molecular complexity index is 1190. The van der Waals surface area contributed by atoms with Crippen molar-refractivity contribution < 1.29 is 23.9 Å². The number of aryl methyl sites for hydroxylation is 1. The van der Waals surface area contributed by atoms with E-state index in [1.807, 2.05) is 43.3 Å². The maximum Gasteiger partial charge on any atom is 0.348 e. The van der Waals surface area contributed by atoms with E-state index in [-0.39, 0.29) is 40.3 Å². The van der Waals surface area contributed by atoms with Gasteiger partial charge in [0.05, 0.1) is 30.2 Å². The molecule has 3 aromatic rings. The first kappa shape index (κ1) is 25.4. The van der Waals surface area contributed by atoms with E-state index in [2.05, 4.69) is 15.3 Å². The zero-order chi connectivity index (χ0) is 24.7. The van der Waals surface area contributed by atoms with Crippen LogP contribution in [0, 0.1) is 13.8 Å². The van der Waals surface area contributed by atoms with Crippen LogP contribution in [0.15, 0.2) is 41.6 Å². The summed E-state index contributed by atoms with van der Waals surface area (Å²) >= 11 is 2.18. The molecule has 0 aliphatic heterocycles. The van der Waals surface area contributed by atoms with Gasteiger partial charge in [-0.15, -0.1) is 11.3 Å². The van der Waals surface area contributed by atoms with Crippen LogP contribution in [-0.2, 0) is 14.3 Å². The van der Waals surface area contributed by atoms with Gasteiger partial charge in [0.2, 0.25) is 5.91 Å². The monoisotopic (exact) mass is 499 g/mol. The van der Waals surface area contributed by atoms with E-state index < -0.39 is 11.9 Å². The summed E-state index contributed by atoms with van der Waals surface area (Å²) in [5.41, 5.74) is 3.09. The molecule has 2 heterocycles. The average Bonchev–Trinajstić information content (AvgIpc) is 3.14. The zero-order valence-electron chi connectivity index (χ0n) is 19.3. The average molecular weight is 500 g/mol. The van der Waals surface area contributed by atoms with E-state index in [1.165, 1.54) is 11.8 Å². The van der Waals surface area contributed by atoms with Gasteiger partial charge < -0.3 is 14.8 Å². The first-order valence-electron chi connectivity index (χ1n) is 10.6. The van der Waals surface area contributed by atoms with Crippen LogP contribution in [0.2, 0.25) is 0 Å². The van der Waals surface area contributed by atoms with Crippen LogP contribution < -0.4 is 5.32 Å². The minimum atomic E-state index is -0.607. The predicted octanol–water partition coefficient (Wildman–Crippen LogP) is 4.91. The lowest BCUT2D eigenvalue weighted by molar-refractivity contribution is -0.113. The number of carbonyl (C=O) groups excluding carboxylic acids is 3. The minimum Gasteiger partial charge on any atom is -0.462 e. The summed E-state index contributed by atoms with van der Waals surface area (Å²) in [7, 11) is 0. The topological polar surface area (TPSA) is 107 Å². The van der Waals surface area contributed by atoms with Gasteiger partial charge in [-0.25, -0.2) is 19.6 Å². The summed E-state index contributed by atoms with van der Waals surface area (Å²) < 4.78 is 10.2. The van der Waals surface area contributed by atoms with E-state index in [4.69, 9.17) is 9.47 Å². The fourth-order valence-corrected chi connectivity index (χ4v) is 4.91. The highest BCUT2D eigenvalue weighted by molar-refractivity contribution is 7.99. The second-order valence-electron chi connectivity index (χ2n) is 7.08. The van der Waals surface area contributed by atoms with E-state index in [9.17, 15) is 14.4 Å². The van der Waals surface area contributed by atoms with E-state index in [0.29, 0.717) is 10.7 Å². The fraction of sp³-hybridized carbons (Fsp3) is 0.292. The molecule has 178 valence electrons. The Morgan fingerprint density at radius 2 is 1.68 bits per heavy atom. The maximum absolute atomic E-state index is 12.7. The Hall–Kier alpha value is -3.24. The third-order valence-corrected chi connectivity index (χ3v) is 6.61. The first-order valence-corrected chi connectivity index (χ1v) is 12.5. The molecule has 0 bridgehead atoms. The summed E-state index contributed by atoms with van der Waals surface area (Å²) in [6, 6.07) is 11.6. The molecule has 0 aliphatic carbocycles. The Kier molecular flexibility index (Phi) is 8.78. The SMILES string of the molecule is CCOC(=O)c1sc(NC(=O)CSc2nc(C)cc(-c3ccccc3)n2)c(C(=O)OCC)c1C. The van der Waals surface area contributed by atoms with Gasteiger partial charge in [-0.2, -0.15) is 0 Å². The smallest absolute Gasteiger partial charge is 0.348 e. The summed E-state index contributed by atoms with van der Waals surface area (Å²) in [6.07, 6.45) is 0. The molecule has 1 N–H and O–H groups in total. The third kappa shape index (κ3) is 6.21. The van der Waals surface area contributed by atoms with Gasteiger partial charge in [0.25, 0.3) is 0 Å². The number of anilines is 1. The van der Waals surface area contributed by atoms with Crippen molar-refractivity contribution in [2.45, 2.75) is 32.9 Å². The number of thioether (sulfide) groups is 1. The van der Waals surface area contributed by atoms with Gasteiger partial charge in [-0.1, -0.05) is 42.1 Å². The van der Waals surface area contributed by atoms with Crippen LogP contribution in [0.3, 0.4) is 0 Å². The van der Waals surface area contributed by atoms with Crippen LogP contribution in [0.5, 0.6) is 0 Å². The van der Waals surface area contributed by atoms with Crippen LogP contribution in [0.25, 0.3) is 11.3 Å². The van der Waals surface area contributed by atoms with Gasteiger partial charge in [0.15, 0.2) is 5.16 Å². The van der Waals surface area contributed by atoms with Gasteiger partial charge >= 0.3 is 11.9 Å². The Morgan fingerprint density at radius 1 is 1.00 bits per heavy atom. The van der Waals surface area contributed by atoms with Crippen molar-refractivity contribution in [2.75, 3.05) is 24.3 Å². The number of thiophene rings is 1. The first-order chi connectivity index (χ1) is 16.3. The summed E-state index contributed by atoms with van der Waals surface area (Å²) in [5, 5.41) is 3.45. The molecule has 0 radical (unpaired) electrons. The number of hydrogen-bond acceptors (Lipinski definition) is 9. The molecule has 8 nitrogen and oxygen atoms in total. The number of ether oxygens (including phenoxy) is 2. The fourth-order valence-electron chi connectivity index (χ4n) is 3.10. The van der Waals surface area contributed by atoms with Crippen LogP contribution >= 0.6 is 23.1 Å². The maximum atomic E-state index is 12.7. The van der Waals surface area contributed by atoms with Crippen molar-refractivity contribution in [3.63, 3.8) is 0 Å². The number of rotatable bonds is 9. The quantitative estimate of drug-likeness (QED) is 0.251. The number of nitrogens with one attached hydrogen (secondary N) is 1. The van der Waals surface area contributed by atoms with Crippen molar-refractivity contribution in [3.8, 4) is 11.3 Å². The minimum absolute atomic E-state index is 0.0195. The van der Waals surface area contributed by atoms with Crippen molar-refractivity contribution >= 4 is 45.9 Å². The lowest BCUT2D eigenvalue weighted by atomic mass is 10.1. The molecule has 34 heavy (non-hydrogen) atoms. The predicted molar refractivity (Wildman–Crippen MR) is 133 cm³/mol. The highest BCUT2D eigenvalue weighted by Crippen LogP contribution is 2.34. The number of benzene rings is 1. The Labute approximate surface area is 206 Å². The number of amides is 1. The second kappa shape index (κ2) is 11.8. The van der Waals surface area contributed by atoms with Crippen LogP contribution in [0.4, 0.5) is 5.00 Å². The highest BCUT2D eigenvalue weighted by atomic mass is 32.2. The van der Waals surface area contributed by atoms with Gasteiger partial charge in [0, 0.05) is 11.3 Å². The molecular weight excluding hydrogens is 474 g/mol. The molecule has 0 aliphatic rings. The standard InChI is InChI=1S/C24H25N3O5S2/c1-5-31-22(29)19-15(4)20(23(30)32-6-2)34-21(19)27-18(28)13-33-24-25-14(3)12-17(26-24)16-10-8-7-9-11-16/h7-12H,5-6,13H2,1-4H3,(H,27,28). The number of nitrogens with zero attached hydrogens (tertiary/aromatic N) is 2. The molecule has 1 amide bonds. The summed E-state index contributed by atoms with van der Waals surface area (Å²) in [5.74, 6) is -1.50. The molecule has 0 saturated heterocycles. The van der Waals surface area contributed by atoms with Crippen molar-refractivity contribution in [1.82, 2.24) is 9.97 Å². The van der Waals surface area contributed by atoms with E-state index >= 15 is 0 Å². The number of aromatic nitrogens is 2. The van der Waals surface area contributed by atoms with Crippen LogP contribution in [-0.4, -0.2) is 46.8 Å². The molecule has 10 heteroatoms. The van der Waals surface area contributed by atoms with Crippen molar-refractivity contribution in [2.24, 2.45) is 0 Å². The molecule has 0 spiro atoms. The normalized spacial score (nSPS) is 10.6. The Morgan fingerprint density at radius 3 is 2.35 bits per heavy atom. The van der Waals surface area contributed by atoms with E-state index in [1.54, 1.807) is 20.8 Å². The zero-order valence-corrected chi connectivity index (χ0v) is 21.0. The molecule has 0 saturated carbocycles. The van der Waals surface area contributed by atoms with Crippen LogP contribution in [0.1, 0.15) is 45.1 Å². The number of hydrogen-bond donors (Lipinski definition) is 1. The summed E-state index contributed by atoms with van der Waals surface area (Å²) in [4.78, 5) is 46.7. The van der Waals surface area contributed by atoms with Crippen molar-refractivity contribution in [1.29, 1.82) is 0 Å².